The van der Waals surface area contributed by atoms with Crippen LogP contribution in [0.15, 0.2) is 51.1 Å². The third-order valence-corrected chi connectivity index (χ3v) is 6.19. The number of thiophene rings is 1. The fourth-order valence-electron chi connectivity index (χ4n) is 3.63. The number of rotatable bonds is 4. The lowest BCUT2D eigenvalue weighted by atomic mass is 10.0. The van der Waals surface area contributed by atoms with Gasteiger partial charge in [0.2, 0.25) is 0 Å². The largest absolute Gasteiger partial charge is 0.335 e. The van der Waals surface area contributed by atoms with Gasteiger partial charge in [-0.3, -0.25) is 9.59 Å². The van der Waals surface area contributed by atoms with Crippen molar-refractivity contribution in [1.82, 2.24) is 25.0 Å². The maximum atomic E-state index is 13.5. The number of benzene rings is 1. The molecule has 4 heterocycles. The van der Waals surface area contributed by atoms with Gasteiger partial charge in [0, 0.05) is 12.6 Å². The maximum absolute atomic E-state index is 13.5. The molecule has 5 rings (SSSR count). The molecule has 1 N–H and O–H groups in total. The number of carbonyl (C=O) groups excluding carboxylic acids is 1. The van der Waals surface area contributed by atoms with E-state index in [2.05, 4.69) is 20.1 Å². The molecule has 0 unspecified atom stereocenters. The summed E-state index contributed by atoms with van der Waals surface area (Å²) < 4.78 is 5.96. The van der Waals surface area contributed by atoms with Crippen LogP contribution in [0.4, 0.5) is 0 Å². The van der Waals surface area contributed by atoms with Crippen LogP contribution < -0.4 is 5.56 Å². The standard InChI is InChI=1S/C23H19N5O3S/c1-12-4-6-14(7-5-12)17-10-15(19-13(2)27-31-22(19)25-17)23(30)28(3)11-18-24-16-8-9-32-20(16)21(29)26-18/h4-10H,11H2,1-3H3,(H,24,26,29). The van der Waals surface area contributed by atoms with E-state index in [4.69, 9.17) is 4.52 Å². The topological polar surface area (TPSA) is 105 Å². The molecule has 0 aliphatic heterocycles. The monoisotopic (exact) mass is 445 g/mol. The van der Waals surface area contributed by atoms with Gasteiger partial charge in [0.25, 0.3) is 17.2 Å². The van der Waals surface area contributed by atoms with Gasteiger partial charge in [-0.25, -0.2) is 9.97 Å². The van der Waals surface area contributed by atoms with Crippen molar-refractivity contribution in [3.05, 3.63) is 74.8 Å². The van der Waals surface area contributed by atoms with Crippen LogP contribution in [-0.4, -0.2) is 38.0 Å². The molecule has 0 bridgehead atoms. The number of aryl methyl sites for hydroxylation is 2. The molecule has 4 aromatic heterocycles. The number of nitrogens with zero attached hydrogens (tertiary/aromatic N) is 4. The Labute approximate surface area is 186 Å². The van der Waals surface area contributed by atoms with Crippen LogP contribution in [0.25, 0.3) is 32.6 Å². The fraction of sp³-hybridized carbons (Fsp3) is 0.174. The van der Waals surface area contributed by atoms with Gasteiger partial charge in [-0.2, -0.15) is 0 Å². The van der Waals surface area contributed by atoms with Crippen LogP contribution in [0.5, 0.6) is 0 Å². The van der Waals surface area contributed by atoms with E-state index in [9.17, 15) is 9.59 Å². The Hall–Kier alpha value is -3.85. The number of hydrogen-bond acceptors (Lipinski definition) is 7. The van der Waals surface area contributed by atoms with Gasteiger partial charge in [0.1, 0.15) is 10.5 Å². The Balaban J connectivity index is 1.54. The van der Waals surface area contributed by atoms with E-state index >= 15 is 0 Å². The van der Waals surface area contributed by atoms with Crippen LogP contribution >= 0.6 is 11.3 Å². The molecule has 0 fully saturated rings. The van der Waals surface area contributed by atoms with E-state index in [0.29, 0.717) is 44.1 Å². The Morgan fingerprint density at radius 3 is 2.72 bits per heavy atom. The Morgan fingerprint density at radius 2 is 1.94 bits per heavy atom. The average Bonchev–Trinajstić information content (AvgIpc) is 3.40. The van der Waals surface area contributed by atoms with Crippen LogP contribution in [0.3, 0.4) is 0 Å². The number of fused-ring (bicyclic) bond motifs is 2. The van der Waals surface area contributed by atoms with E-state index in [1.807, 2.05) is 36.6 Å². The Kier molecular flexibility index (Phi) is 4.82. The summed E-state index contributed by atoms with van der Waals surface area (Å²) in [4.78, 5) is 39.0. The molecule has 8 nitrogen and oxygen atoms in total. The number of nitrogens with one attached hydrogen (secondary N) is 1. The van der Waals surface area contributed by atoms with Crippen molar-refractivity contribution in [2.24, 2.45) is 0 Å². The molecule has 5 aromatic rings. The van der Waals surface area contributed by atoms with Gasteiger partial charge in [-0.15, -0.1) is 11.3 Å². The van der Waals surface area contributed by atoms with E-state index in [1.54, 1.807) is 26.1 Å². The highest BCUT2D eigenvalue weighted by Crippen LogP contribution is 2.28. The molecule has 0 saturated carbocycles. The van der Waals surface area contributed by atoms with Crippen LogP contribution in [0.2, 0.25) is 0 Å². The van der Waals surface area contributed by atoms with Crippen LogP contribution in [0, 0.1) is 13.8 Å². The van der Waals surface area contributed by atoms with Gasteiger partial charge in [-0.1, -0.05) is 35.0 Å². The summed E-state index contributed by atoms with van der Waals surface area (Å²) in [7, 11) is 1.67. The zero-order chi connectivity index (χ0) is 22.4. The van der Waals surface area contributed by atoms with Crippen molar-refractivity contribution in [2.75, 3.05) is 7.05 Å². The molecule has 9 heteroatoms. The normalized spacial score (nSPS) is 11.3. The number of H-pyrrole nitrogens is 1. The zero-order valence-corrected chi connectivity index (χ0v) is 18.5. The van der Waals surface area contributed by atoms with Crippen molar-refractivity contribution in [3.8, 4) is 11.3 Å². The summed E-state index contributed by atoms with van der Waals surface area (Å²) in [5, 5.41) is 6.40. The molecule has 160 valence electrons. The molecule has 32 heavy (non-hydrogen) atoms. The van der Waals surface area contributed by atoms with Crippen LogP contribution in [-0.2, 0) is 6.54 Å². The second-order valence-electron chi connectivity index (χ2n) is 7.68. The van der Waals surface area contributed by atoms with Crippen molar-refractivity contribution in [1.29, 1.82) is 0 Å². The molecular weight excluding hydrogens is 426 g/mol. The quantitative estimate of drug-likeness (QED) is 0.447. The summed E-state index contributed by atoms with van der Waals surface area (Å²) in [5.41, 5.74) is 4.38. The summed E-state index contributed by atoms with van der Waals surface area (Å²) in [6.45, 7) is 3.93. The van der Waals surface area contributed by atoms with Gasteiger partial charge in [-0.05, 0) is 31.4 Å². The highest BCUT2D eigenvalue weighted by Gasteiger charge is 2.22. The lowest BCUT2D eigenvalue weighted by molar-refractivity contribution is 0.0783. The van der Waals surface area contributed by atoms with E-state index in [-0.39, 0.29) is 18.0 Å². The molecular formula is C23H19N5O3S. The third-order valence-electron chi connectivity index (χ3n) is 5.29. The zero-order valence-electron chi connectivity index (χ0n) is 17.7. The van der Waals surface area contributed by atoms with Crippen molar-refractivity contribution >= 4 is 38.6 Å². The Bertz CT molecular complexity index is 1530. The number of hydrogen-bond donors (Lipinski definition) is 1. The molecule has 1 amide bonds. The summed E-state index contributed by atoms with van der Waals surface area (Å²) >= 11 is 1.34. The predicted molar refractivity (Wildman–Crippen MR) is 123 cm³/mol. The number of carbonyl (C=O) groups is 1. The van der Waals surface area contributed by atoms with Gasteiger partial charge >= 0.3 is 0 Å². The van der Waals surface area contributed by atoms with Gasteiger partial charge in [0.05, 0.1) is 34.4 Å². The van der Waals surface area contributed by atoms with Crippen molar-refractivity contribution < 1.29 is 9.32 Å². The first-order valence-electron chi connectivity index (χ1n) is 9.96. The molecule has 0 saturated heterocycles. The second-order valence-corrected chi connectivity index (χ2v) is 8.59. The molecule has 0 aliphatic rings. The number of aromatic nitrogens is 4. The maximum Gasteiger partial charge on any atom is 0.268 e. The van der Waals surface area contributed by atoms with E-state index < -0.39 is 0 Å². The first-order valence-corrected chi connectivity index (χ1v) is 10.8. The van der Waals surface area contributed by atoms with Crippen molar-refractivity contribution in [2.45, 2.75) is 20.4 Å². The molecule has 1 aromatic carbocycles. The summed E-state index contributed by atoms with van der Waals surface area (Å²) in [6, 6.07) is 11.4. The summed E-state index contributed by atoms with van der Waals surface area (Å²) in [5.74, 6) is 0.174. The highest BCUT2D eigenvalue weighted by atomic mass is 32.1. The smallest absolute Gasteiger partial charge is 0.268 e. The van der Waals surface area contributed by atoms with Crippen molar-refractivity contribution in [3.63, 3.8) is 0 Å². The lowest BCUT2D eigenvalue weighted by Crippen LogP contribution is -2.28. The molecule has 0 atom stereocenters. The van der Waals surface area contributed by atoms with Gasteiger partial charge in [0.15, 0.2) is 0 Å². The van der Waals surface area contributed by atoms with E-state index in [1.165, 1.54) is 16.2 Å². The minimum atomic E-state index is -0.245. The average molecular weight is 446 g/mol. The minimum absolute atomic E-state index is 0.147. The number of aromatic amines is 1. The first-order chi connectivity index (χ1) is 15.4. The Morgan fingerprint density at radius 1 is 1.16 bits per heavy atom. The van der Waals surface area contributed by atoms with Gasteiger partial charge < -0.3 is 14.4 Å². The SMILES string of the molecule is Cc1ccc(-c2cc(C(=O)N(C)Cc3nc4ccsc4c(=O)[nH]3)c3c(C)noc3n2)cc1. The number of pyridine rings is 1. The van der Waals surface area contributed by atoms with E-state index in [0.717, 1.165) is 11.1 Å². The molecule has 0 spiro atoms. The molecule has 0 radical (unpaired) electrons. The third kappa shape index (κ3) is 3.46. The summed E-state index contributed by atoms with van der Waals surface area (Å²) in [6.07, 6.45) is 0. The minimum Gasteiger partial charge on any atom is -0.335 e. The lowest BCUT2D eigenvalue weighted by Gasteiger charge is -2.17. The highest BCUT2D eigenvalue weighted by molar-refractivity contribution is 7.17. The predicted octanol–water partition coefficient (Wildman–Crippen LogP) is 4.08. The fourth-order valence-corrected chi connectivity index (χ4v) is 4.36. The first kappa shape index (κ1) is 20.1. The number of amides is 1. The second kappa shape index (κ2) is 7.69. The molecule has 0 aliphatic carbocycles. The van der Waals surface area contributed by atoms with Crippen LogP contribution in [0.1, 0.15) is 27.4 Å².